The summed E-state index contributed by atoms with van der Waals surface area (Å²) in [6, 6.07) is 23.5. The zero-order chi connectivity index (χ0) is 26.3. The second-order valence-corrected chi connectivity index (χ2v) is 8.40. The van der Waals surface area contributed by atoms with Gasteiger partial charge in [0, 0.05) is 11.5 Å². The number of aromatic nitrogens is 4. The number of aliphatic hydroxyl groups excluding tert-OH is 1. The average molecular weight is 519 g/mol. The molecule has 2 aromatic heterocycles. The largest absolute Gasteiger partial charge is 0.489 e. The van der Waals surface area contributed by atoms with Crippen molar-refractivity contribution in [1.82, 2.24) is 19.6 Å². The number of nitrogens with zero attached hydrogens (tertiary/aromatic N) is 4. The van der Waals surface area contributed by atoms with E-state index in [1.165, 1.54) is 24.5 Å². The van der Waals surface area contributed by atoms with Crippen molar-refractivity contribution in [2.75, 3.05) is 13.2 Å². The molecule has 0 aliphatic rings. The Kier molecular flexibility index (Phi) is 7.70. The molecule has 0 radical (unpaired) electrons. The van der Waals surface area contributed by atoms with Crippen molar-refractivity contribution < 1.29 is 28.1 Å². The molecular weight excluding hydrogens is 494 g/mol. The predicted octanol–water partition coefficient (Wildman–Crippen LogP) is 5.13. The van der Waals surface area contributed by atoms with Crippen molar-refractivity contribution in [2.24, 2.45) is 0 Å². The Morgan fingerprint density at radius 1 is 0.842 bits per heavy atom. The van der Waals surface area contributed by atoms with Gasteiger partial charge in [-0.25, -0.2) is 4.40 Å². The molecule has 0 amide bonds. The van der Waals surface area contributed by atoms with Crippen molar-refractivity contribution in [1.29, 1.82) is 0 Å². The summed E-state index contributed by atoms with van der Waals surface area (Å²) in [4.78, 5) is 4.18. The smallest absolute Gasteiger partial charge is 0.387 e. The van der Waals surface area contributed by atoms with Gasteiger partial charge in [0.05, 0.1) is 25.6 Å². The van der Waals surface area contributed by atoms with E-state index in [2.05, 4.69) is 19.9 Å². The first-order chi connectivity index (χ1) is 18.6. The summed E-state index contributed by atoms with van der Waals surface area (Å²) in [7, 11) is 0. The van der Waals surface area contributed by atoms with Gasteiger partial charge in [-0.1, -0.05) is 42.5 Å². The molecule has 8 nitrogen and oxygen atoms in total. The van der Waals surface area contributed by atoms with E-state index in [0.717, 1.165) is 11.1 Å². The quantitative estimate of drug-likeness (QED) is 0.259. The minimum absolute atomic E-state index is 0.0384. The van der Waals surface area contributed by atoms with Gasteiger partial charge in [-0.05, 0) is 47.5 Å². The molecule has 1 N–H and O–H groups in total. The molecule has 5 aromatic rings. The first-order valence-electron chi connectivity index (χ1n) is 11.9. The van der Waals surface area contributed by atoms with E-state index in [1.54, 1.807) is 16.5 Å². The number of hydrogen-bond acceptors (Lipinski definition) is 7. The molecule has 1 unspecified atom stereocenters. The topological polar surface area (TPSA) is 91.0 Å². The molecule has 0 fully saturated rings. The highest BCUT2D eigenvalue weighted by molar-refractivity contribution is 5.61. The number of fused-ring (bicyclic) bond motifs is 1. The fourth-order valence-corrected chi connectivity index (χ4v) is 3.94. The van der Waals surface area contributed by atoms with Crippen LogP contribution in [0.25, 0.3) is 17.0 Å². The Balaban J connectivity index is 1.32. The zero-order valence-electron chi connectivity index (χ0n) is 20.2. The van der Waals surface area contributed by atoms with Crippen LogP contribution >= 0.6 is 0 Å². The summed E-state index contributed by atoms with van der Waals surface area (Å²) >= 11 is 0. The van der Waals surface area contributed by atoms with Gasteiger partial charge in [0.25, 0.3) is 0 Å². The third-order valence-corrected chi connectivity index (χ3v) is 5.85. The standard InChI is InChI=1S/C28H24F2N4O4/c29-28(30)38-23-11-9-20(10-12-23)27-33-32-25-14-31-15-26(34(25)27)37-18-22(16-35)21-7-4-8-24(13-21)36-17-19-5-2-1-3-6-19/h1-15,22,28,35H,16-18H2. The lowest BCUT2D eigenvalue weighted by Crippen LogP contribution is -2.16. The van der Waals surface area contributed by atoms with Crippen LogP contribution in [0.15, 0.2) is 91.3 Å². The summed E-state index contributed by atoms with van der Waals surface area (Å²) in [5.74, 6) is 1.20. The maximum Gasteiger partial charge on any atom is 0.387 e. The highest BCUT2D eigenvalue weighted by Gasteiger charge is 2.17. The van der Waals surface area contributed by atoms with Crippen LogP contribution in [-0.2, 0) is 6.61 Å². The summed E-state index contributed by atoms with van der Waals surface area (Å²) in [6.07, 6.45) is 3.07. The molecule has 10 heteroatoms. The molecule has 0 spiro atoms. The lowest BCUT2D eigenvalue weighted by Gasteiger charge is -2.17. The Morgan fingerprint density at radius 3 is 2.42 bits per heavy atom. The number of benzene rings is 3. The Morgan fingerprint density at radius 2 is 1.66 bits per heavy atom. The molecule has 0 saturated carbocycles. The Hall–Kier alpha value is -4.57. The summed E-state index contributed by atoms with van der Waals surface area (Å²) in [5, 5.41) is 18.5. The molecule has 2 heterocycles. The van der Waals surface area contributed by atoms with Gasteiger partial charge in [-0.3, -0.25) is 4.98 Å². The fraction of sp³-hybridized carbons (Fsp3) is 0.179. The maximum atomic E-state index is 12.5. The molecule has 194 valence electrons. The second kappa shape index (κ2) is 11.7. The third-order valence-electron chi connectivity index (χ3n) is 5.85. The highest BCUT2D eigenvalue weighted by atomic mass is 19.3. The minimum Gasteiger partial charge on any atom is -0.489 e. The van der Waals surface area contributed by atoms with E-state index in [9.17, 15) is 13.9 Å². The van der Waals surface area contributed by atoms with Gasteiger partial charge in [-0.2, -0.15) is 8.78 Å². The van der Waals surface area contributed by atoms with Crippen LogP contribution in [0.2, 0.25) is 0 Å². The van der Waals surface area contributed by atoms with Crippen molar-refractivity contribution in [2.45, 2.75) is 19.1 Å². The van der Waals surface area contributed by atoms with Crippen LogP contribution in [-0.4, -0.2) is 44.5 Å². The van der Waals surface area contributed by atoms with Gasteiger partial charge < -0.3 is 19.3 Å². The van der Waals surface area contributed by atoms with Crippen molar-refractivity contribution in [3.8, 4) is 28.8 Å². The monoisotopic (exact) mass is 518 g/mol. The van der Waals surface area contributed by atoms with Crippen molar-refractivity contribution >= 4 is 5.65 Å². The first kappa shape index (κ1) is 25.1. The van der Waals surface area contributed by atoms with Crippen molar-refractivity contribution in [3.63, 3.8) is 0 Å². The molecule has 1 atom stereocenters. The van der Waals surface area contributed by atoms with E-state index in [1.807, 2.05) is 54.6 Å². The molecule has 5 rings (SSSR count). The van der Waals surface area contributed by atoms with Crippen LogP contribution in [0.1, 0.15) is 17.0 Å². The lowest BCUT2D eigenvalue weighted by molar-refractivity contribution is -0.0498. The minimum atomic E-state index is -2.91. The van der Waals surface area contributed by atoms with Gasteiger partial charge in [0.15, 0.2) is 11.5 Å². The molecule has 0 bridgehead atoms. The Bertz CT molecular complexity index is 1480. The van der Waals surface area contributed by atoms with Gasteiger partial charge in [0.1, 0.15) is 18.1 Å². The zero-order valence-corrected chi connectivity index (χ0v) is 20.2. The van der Waals surface area contributed by atoms with Crippen LogP contribution in [0.4, 0.5) is 8.78 Å². The van der Waals surface area contributed by atoms with Crippen LogP contribution in [0, 0.1) is 0 Å². The van der Waals surface area contributed by atoms with Crippen LogP contribution in [0.3, 0.4) is 0 Å². The maximum absolute atomic E-state index is 12.5. The SMILES string of the molecule is OCC(COc1cncc2nnc(-c3ccc(OC(F)F)cc3)n12)c1cccc(OCc2ccccc2)c1. The van der Waals surface area contributed by atoms with E-state index >= 15 is 0 Å². The van der Waals surface area contributed by atoms with Crippen molar-refractivity contribution in [3.05, 3.63) is 102 Å². The van der Waals surface area contributed by atoms with Crippen LogP contribution in [0.5, 0.6) is 17.4 Å². The average Bonchev–Trinajstić information content (AvgIpc) is 3.38. The summed E-state index contributed by atoms with van der Waals surface area (Å²) in [5.41, 5.74) is 2.98. The molecule has 0 aliphatic carbocycles. The summed E-state index contributed by atoms with van der Waals surface area (Å²) in [6.45, 7) is -2.47. The molecular formula is C28H24F2N4O4. The third kappa shape index (κ3) is 5.87. The number of halogens is 2. The van der Waals surface area contributed by atoms with E-state index in [0.29, 0.717) is 35.3 Å². The van der Waals surface area contributed by atoms with Gasteiger partial charge in [-0.15, -0.1) is 10.2 Å². The number of ether oxygens (including phenoxy) is 3. The highest BCUT2D eigenvalue weighted by Crippen LogP contribution is 2.27. The molecule has 0 saturated heterocycles. The molecule has 0 aliphatic heterocycles. The molecule has 38 heavy (non-hydrogen) atoms. The Labute approximate surface area is 217 Å². The van der Waals surface area contributed by atoms with Crippen LogP contribution < -0.4 is 14.2 Å². The number of alkyl halides is 2. The normalized spacial score (nSPS) is 12.0. The molecule has 3 aromatic carbocycles. The van der Waals surface area contributed by atoms with Gasteiger partial charge >= 0.3 is 6.61 Å². The van der Waals surface area contributed by atoms with Gasteiger partial charge in [0.2, 0.25) is 5.88 Å². The predicted molar refractivity (Wildman–Crippen MR) is 135 cm³/mol. The number of hydrogen-bond donors (Lipinski definition) is 1. The summed E-state index contributed by atoms with van der Waals surface area (Å²) < 4.78 is 43.1. The van der Waals surface area contributed by atoms with E-state index in [-0.39, 0.29) is 24.9 Å². The van der Waals surface area contributed by atoms with E-state index in [4.69, 9.17) is 9.47 Å². The van der Waals surface area contributed by atoms with E-state index < -0.39 is 6.61 Å². The first-order valence-corrected chi connectivity index (χ1v) is 11.9. The fourth-order valence-electron chi connectivity index (χ4n) is 3.94. The number of rotatable bonds is 11. The lowest BCUT2D eigenvalue weighted by atomic mass is 10.0. The number of aliphatic hydroxyl groups is 1. The second-order valence-electron chi connectivity index (χ2n) is 8.40.